The minimum absolute atomic E-state index is 0. The van der Waals surface area contributed by atoms with Crippen molar-refractivity contribution < 1.29 is 43.2 Å². The molecule has 2 saturated heterocycles. The molecular weight excluding hydrogens is 836 g/mol. The standard InChI is InChI=1S/C21H31N5O4.C16H25N5O.C5H8O4.CH4.ClH/c1-4-17-15(12-22-18(27)6-7-19(28)29-3)20(24-14-8-10-30-11-9-14)16-13-23-26(5-2)21(16)25-17;1-3-14-12(9-17)15(19-11-5-7-22-8-6-11)13-10-18-21(4-2)16(13)20-14;1-9-5(8)3-2-4(6)7;;/h13-14H,4-12H2,1-3H3,(H,22,27)(H,24,25);10-11H,3-9,17H2,1-2H3,(H,19,20);2-3H2,1H3,(H,6,7);1H4;1H. The number of anilines is 2. The van der Waals surface area contributed by atoms with E-state index in [9.17, 15) is 19.2 Å². The van der Waals surface area contributed by atoms with E-state index in [0.717, 1.165) is 134 Å². The third-order valence-electron chi connectivity index (χ3n) is 10.6. The molecule has 63 heavy (non-hydrogen) atoms. The van der Waals surface area contributed by atoms with Crippen molar-refractivity contribution in [3.8, 4) is 0 Å². The Labute approximate surface area is 376 Å². The molecule has 19 nitrogen and oxygen atoms in total. The van der Waals surface area contributed by atoms with E-state index in [0.29, 0.717) is 25.2 Å². The van der Waals surface area contributed by atoms with Crippen LogP contribution in [0.5, 0.6) is 0 Å². The van der Waals surface area contributed by atoms with Crippen LogP contribution in [0.2, 0.25) is 0 Å². The summed E-state index contributed by atoms with van der Waals surface area (Å²) in [6.07, 6.45) is 9.22. The number of aryl methyl sites for hydroxylation is 4. The summed E-state index contributed by atoms with van der Waals surface area (Å²) < 4.78 is 23.6. The molecule has 0 saturated carbocycles. The molecular formula is C43H69ClN10O9. The average molecular weight is 906 g/mol. The van der Waals surface area contributed by atoms with E-state index >= 15 is 0 Å². The summed E-state index contributed by atoms with van der Waals surface area (Å²) >= 11 is 0. The molecule has 6 heterocycles. The number of aliphatic carboxylic acids is 1. The molecule has 2 fully saturated rings. The summed E-state index contributed by atoms with van der Waals surface area (Å²) in [5.74, 6) is -2.06. The van der Waals surface area contributed by atoms with Gasteiger partial charge in [0.15, 0.2) is 11.3 Å². The maximum Gasteiger partial charge on any atom is 0.306 e. The molecule has 0 aliphatic carbocycles. The summed E-state index contributed by atoms with van der Waals surface area (Å²) in [6, 6.07) is 0.729. The molecule has 4 aromatic heterocycles. The Hall–Kier alpha value is -5.11. The fourth-order valence-electron chi connectivity index (χ4n) is 7.13. The van der Waals surface area contributed by atoms with Gasteiger partial charge in [-0.05, 0) is 52.4 Å². The molecule has 0 spiro atoms. The third kappa shape index (κ3) is 15.3. The van der Waals surface area contributed by atoms with Crippen LogP contribution in [-0.4, -0.2) is 111 Å². The molecule has 0 radical (unpaired) electrons. The van der Waals surface area contributed by atoms with Crippen molar-refractivity contribution in [1.29, 1.82) is 0 Å². The number of nitrogens with one attached hydrogen (secondary N) is 3. The van der Waals surface area contributed by atoms with Crippen LogP contribution in [0, 0.1) is 0 Å². The second-order valence-corrected chi connectivity index (χ2v) is 14.5. The Balaban J connectivity index is 0.000000363. The molecule has 20 heteroatoms. The first-order valence-corrected chi connectivity index (χ1v) is 21.3. The van der Waals surface area contributed by atoms with E-state index in [1.165, 1.54) is 14.2 Å². The van der Waals surface area contributed by atoms with Crippen molar-refractivity contribution in [2.24, 2.45) is 5.73 Å². The Morgan fingerprint density at radius 1 is 0.730 bits per heavy atom. The van der Waals surface area contributed by atoms with Gasteiger partial charge in [-0.3, -0.25) is 19.2 Å². The number of halogens is 1. The highest BCUT2D eigenvalue weighted by Crippen LogP contribution is 2.32. The third-order valence-corrected chi connectivity index (χ3v) is 10.6. The quantitative estimate of drug-likeness (QED) is 0.0842. The van der Waals surface area contributed by atoms with Gasteiger partial charge in [-0.1, -0.05) is 21.3 Å². The van der Waals surface area contributed by atoms with Crippen molar-refractivity contribution in [2.75, 3.05) is 51.3 Å². The zero-order valence-corrected chi connectivity index (χ0v) is 37.7. The van der Waals surface area contributed by atoms with Crippen molar-refractivity contribution in [3.63, 3.8) is 0 Å². The summed E-state index contributed by atoms with van der Waals surface area (Å²) in [6.45, 7) is 13.8. The number of rotatable bonds is 17. The van der Waals surface area contributed by atoms with Gasteiger partial charge >= 0.3 is 17.9 Å². The number of carboxylic acids is 1. The van der Waals surface area contributed by atoms with Gasteiger partial charge in [-0.25, -0.2) is 19.3 Å². The molecule has 2 aliphatic rings. The summed E-state index contributed by atoms with van der Waals surface area (Å²) in [5, 5.41) is 29.4. The second-order valence-electron chi connectivity index (χ2n) is 14.5. The van der Waals surface area contributed by atoms with Crippen LogP contribution in [0.15, 0.2) is 12.4 Å². The van der Waals surface area contributed by atoms with Gasteiger partial charge in [0.2, 0.25) is 5.91 Å². The van der Waals surface area contributed by atoms with Gasteiger partial charge in [0, 0.05) is 93.6 Å². The first-order chi connectivity index (χ1) is 29.5. The molecule has 0 bridgehead atoms. The Morgan fingerprint density at radius 3 is 1.56 bits per heavy atom. The van der Waals surface area contributed by atoms with Crippen LogP contribution in [0.1, 0.15) is 109 Å². The van der Waals surface area contributed by atoms with E-state index in [4.69, 9.17) is 30.3 Å². The van der Waals surface area contributed by atoms with Gasteiger partial charge in [-0.15, -0.1) is 12.4 Å². The molecule has 0 aromatic carbocycles. The second kappa shape index (κ2) is 27.8. The highest BCUT2D eigenvalue weighted by atomic mass is 35.5. The van der Waals surface area contributed by atoms with Crippen LogP contribution in [-0.2, 0) is 77.1 Å². The van der Waals surface area contributed by atoms with Gasteiger partial charge < -0.3 is 45.7 Å². The summed E-state index contributed by atoms with van der Waals surface area (Å²) in [4.78, 5) is 53.3. The molecule has 6 N–H and O–H groups in total. The number of amides is 1. The predicted octanol–water partition coefficient (Wildman–Crippen LogP) is 5.32. The minimum Gasteiger partial charge on any atom is -0.481 e. The van der Waals surface area contributed by atoms with E-state index in [2.05, 4.69) is 56.4 Å². The first-order valence-electron chi connectivity index (χ1n) is 21.3. The average Bonchev–Trinajstić information content (AvgIpc) is 3.91. The topological polar surface area (TPSA) is 249 Å². The number of hydrogen-bond acceptors (Lipinski definition) is 15. The van der Waals surface area contributed by atoms with Crippen LogP contribution >= 0.6 is 12.4 Å². The molecule has 2 aliphatic heterocycles. The lowest BCUT2D eigenvalue weighted by Crippen LogP contribution is -2.30. The molecule has 1 amide bonds. The van der Waals surface area contributed by atoms with Crippen molar-refractivity contribution in [1.82, 2.24) is 34.8 Å². The summed E-state index contributed by atoms with van der Waals surface area (Å²) in [7, 11) is 2.55. The highest BCUT2D eigenvalue weighted by molar-refractivity contribution is 5.93. The Morgan fingerprint density at radius 2 is 1.16 bits per heavy atom. The fraction of sp³-hybridized carbons (Fsp3) is 0.628. The monoisotopic (exact) mass is 904 g/mol. The number of nitrogens with zero attached hydrogens (tertiary/aromatic N) is 6. The number of esters is 2. The molecule has 352 valence electrons. The fourth-order valence-corrected chi connectivity index (χ4v) is 7.13. The van der Waals surface area contributed by atoms with Crippen molar-refractivity contribution >= 4 is 69.7 Å². The number of aromatic nitrogens is 6. The molecule has 6 rings (SSSR count). The maximum absolute atomic E-state index is 12.3. The first kappa shape index (κ1) is 54.0. The number of fused-ring (bicyclic) bond motifs is 2. The van der Waals surface area contributed by atoms with Crippen LogP contribution in [0.3, 0.4) is 0 Å². The van der Waals surface area contributed by atoms with E-state index < -0.39 is 17.9 Å². The zero-order chi connectivity index (χ0) is 44.3. The van der Waals surface area contributed by atoms with Crippen LogP contribution in [0.4, 0.5) is 11.4 Å². The minimum atomic E-state index is -0.986. The van der Waals surface area contributed by atoms with E-state index in [-0.39, 0.29) is 51.4 Å². The van der Waals surface area contributed by atoms with E-state index in [1.807, 2.05) is 28.7 Å². The van der Waals surface area contributed by atoms with E-state index in [1.54, 1.807) is 0 Å². The smallest absolute Gasteiger partial charge is 0.306 e. The normalized spacial score (nSPS) is 13.9. The van der Waals surface area contributed by atoms with Crippen LogP contribution < -0.4 is 21.7 Å². The molecule has 4 aromatic rings. The predicted molar refractivity (Wildman–Crippen MR) is 244 cm³/mol. The zero-order valence-electron chi connectivity index (χ0n) is 36.9. The van der Waals surface area contributed by atoms with Gasteiger partial charge in [0.1, 0.15) is 0 Å². The Kier molecular flexibility index (Phi) is 23.9. The van der Waals surface area contributed by atoms with Crippen molar-refractivity contribution in [2.45, 2.75) is 138 Å². The molecule has 0 unspecified atom stereocenters. The van der Waals surface area contributed by atoms with Gasteiger partial charge in [-0.2, -0.15) is 10.2 Å². The van der Waals surface area contributed by atoms with Gasteiger partial charge in [0.05, 0.1) is 68.0 Å². The number of carboxylic acid groups (broad SMARTS) is 1. The SMILES string of the molecule is C.CCc1nc2c(cnn2CC)c(NC2CCOCC2)c1CN.CCc1nc2c(cnn2CC)c(NC2CCOCC2)c1CNC(=O)CCC(=O)OC.COC(=O)CCC(=O)O.Cl. The largest absolute Gasteiger partial charge is 0.481 e. The number of carbonyl (C=O) groups is 4. The Bertz CT molecular complexity index is 2060. The van der Waals surface area contributed by atoms with Crippen LogP contribution in [0.25, 0.3) is 22.1 Å². The number of nitrogens with two attached hydrogens (primary N) is 1. The lowest BCUT2D eigenvalue weighted by atomic mass is 10.0. The molecule has 0 atom stereocenters. The lowest BCUT2D eigenvalue weighted by molar-refractivity contribution is -0.145. The van der Waals surface area contributed by atoms with Crippen molar-refractivity contribution in [3.05, 3.63) is 34.9 Å². The number of pyridine rings is 2. The number of carbonyl (C=O) groups excluding carboxylic acids is 3. The highest BCUT2D eigenvalue weighted by Gasteiger charge is 2.23. The lowest BCUT2D eigenvalue weighted by Gasteiger charge is -2.26. The maximum atomic E-state index is 12.3. The number of hydrogen-bond donors (Lipinski definition) is 5. The van der Waals surface area contributed by atoms with Gasteiger partial charge in [0.25, 0.3) is 0 Å². The number of methoxy groups -OCH3 is 2. The summed E-state index contributed by atoms with van der Waals surface area (Å²) in [5.41, 5.74) is 14.0. The number of ether oxygens (including phenoxy) is 4.